The van der Waals surface area contributed by atoms with Crippen molar-refractivity contribution in [2.24, 2.45) is 5.92 Å². The van der Waals surface area contributed by atoms with Crippen molar-refractivity contribution in [2.75, 3.05) is 27.2 Å². The second-order valence-electron chi connectivity index (χ2n) is 4.76. The van der Waals surface area contributed by atoms with Gasteiger partial charge in [-0.3, -0.25) is 0 Å². The van der Waals surface area contributed by atoms with Crippen molar-refractivity contribution < 1.29 is 4.52 Å². The largest absolute Gasteiger partial charge is 0.338 e. The molecule has 1 atom stereocenters. The maximum absolute atomic E-state index is 5.19. The van der Waals surface area contributed by atoms with E-state index in [1.807, 2.05) is 19.0 Å². The molecule has 2 heterocycles. The van der Waals surface area contributed by atoms with Crippen LogP contribution in [0.3, 0.4) is 0 Å². The van der Waals surface area contributed by atoms with Gasteiger partial charge in [-0.05, 0) is 45.9 Å². The van der Waals surface area contributed by atoms with Gasteiger partial charge in [0.1, 0.15) is 0 Å². The summed E-state index contributed by atoms with van der Waals surface area (Å²) >= 11 is 0. The molecular formula is C11H20N4O. The van der Waals surface area contributed by atoms with Crippen molar-refractivity contribution in [1.82, 2.24) is 20.4 Å². The van der Waals surface area contributed by atoms with Gasteiger partial charge < -0.3 is 14.7 Å². The van der Waals surface area contributed by atoms with Gasteiger partial charge in [0.05, 0.1) is 6.54 Å². The summed E-state index contributed by atoms with van der Waals surface area (Å²) in [5, 5.41) is 7.42. The summed E-state index contributed by atoms with van der Waals surface area (Å²) in [5.41, 5.74) is 0. The Labute approximate surface area is 96.2 Å². The molecule has 0 radical (unpaired) electrons. The Bertz CT molecular complexity index is 318. The minimum atomic E-state index is 0.665. The molecule has 90 valence electrons. The number of nitrogens with one attached hydrogen (secondary N) is 1. The van der Waals surface area contributed by atoms with E-state index in [0.717, 1.165) is 31.9 Å². The molecule has 1 aromatic heterocycles. The van der Waals surface area contributed by atoms with E-state index in [0.29, 0.717) is 11.8 Å². The van der Waals surface area contributed by atoms with E-state index in [-0.39, 0.29) is 0 Å². The van der Waals surface area contributed by atoms with E-state index in [1.165, 1.54) is 12.8 Å². The predicted molar refractivity (Wildman–Crippen MR) is 61.0 cm³/mol. The fraction of sp³-hybridized carbons (Fsp3) is 0.818. The Morgan fingerprint density at radius 1 is 1.50 bits per heavy atom. The van der Waals surface area contributed by atoms with Crippen molar-refractivity contribution in [3.8, 4) is 0 Å². The van der Waals surface area contributed by atoms with Gasteiger partial charge in [0.15, 0.2) is 5.82 Å². The highest BCUT2D eigenvalue weighted by Crippen LogP contribution is 2.14. The zero-order chi connectivity index (χ0) is 11.4. The lowest BCUT2D eigenvalue weighted by Crippen LogP contribution is -2.31. The third-order valence-electron chi connectivity index (χ3n) is 2.83. The van der Waals surface area contributed by atoms with Crippen LogP contribution in [-0.4, -0.2) is 42.2 Å². The van der Waals surface area contributed by atoms with Crippen LogP contribution in [0.25, 0.3) is 0 Å². The van der Waals surface area contributed by atoms with E-state index >= 15 is 0 Å². The summed E-state index contributed by atoms with van der Waals surface area (Å²) < 4.78 is 5.19. The lowest BCUT2D eigenvalue weighted by molar-refractivity contribution is 0.299. The first-order valence-electron chi connectivity index (χ1n) is 5.91. The molecule has 1 unspecified atom stereocenters. The molecule has 1 aliphatic rings. The van der Waals surface area contributed by atoms with Crippen LogP contribution in [0.1, 0.15) is 24.6 Å². The van der Waals surface area contributed by atoms with Crippen LogP contribution in [0.2, 0.25) is 0 Å². The first-order valence-corrected chi connectivity index (χ1v) is 5.91. The SMILES string of the molecule is CN(C)Cc1nc(CC2CCCNC2)no1. The third-order valence-corrected chi connectivity index (χ3v) is 2.83. The number of rotatable bonds is 4. The molecule has 1 N–H and O–H groups in total. The highest BCUT2D eigenvalue weighted by Gasteiger charge is 2.16. The van der Waals surface area contributed by atoms with Gasteiger partial charge in [0.25, 0.3) is 0 Å². The maximum atomic E-state index is 5.19. The normalized spacial score (nSPS) is 21.6. The standard InChI is InChI=1S/C11H20N4O/c1-15(2)8-11-13-10(14-16-11)6-9-4-3-5-12-7-9/h9,12H,3-8H2,1-2H3. The van der Waals surface area contributed by atoms with Crippen molar-refractivity contribution in [1.29, 1.82) is 0 Å². The smallest absolute Gasteiger partial charge is 0.240 e. The van der Waals surface area contributed by atoms with Crippen molar-refractivity contribution in [3.63, 3.8) is 0 Å². The van der Waals surface area contributed by atoms with Crippen molar-refractivity contribution >= 4 is 0 Å². The van der Waals surface area contributed by atoms with Crippen molar-refractivity contribution in [2.45, 2.75) is 25.8 Å². The summed E-state index contributed by atoms with van der Waals surface area (Å²) in [5.74, 6) is 2.23. The minimum Gasteiger partial charge on any atom is -0.338 e. The highest BCUT2D eigenvalue weighted by molar-refractivity contribution is 4.89. The summed E-state index contributed by atoms with van der Waals surface area (Å²) in [4.78, 5) is 6.42. The molecule has 16 heavy (non-hydrogen) atoms. The second-order valence-corrected chi connectivity index (χ2v) is 4.76. The molecule has 5 heteroatoms. The van der Waals surface area contributed by atoms with E-state index < -0.39 is 0 Å². The molecule has 1 aliphatic heterocycles. The Kier molecular flexibility index (Phi) is 3.90. The molecule has 0 spiro atoms. The Hall–Kier alpha value is -0.940. The predicted octanol–water partition coefficient (Wildman–Crippen LogP) is 0.673. The molecule has 0 saturated carbocycles. The minimum absolute atomic E-state index is 0.665. The first kappa shape index (κ1) is 11.5. The highest BCUT2D eigenvalue weighted by atomic mass is 16.5. The molecular weight excluding hydrogens is 204 g/mol. The van der Waals surface area contributed by atoms with Crippen LogP contribution >= 0.6 is 0 Å². The van der Waals surface area contributed by atoms with Crippen LogP contribution in [0, 0.1) is 5.92 Å². The lowest BCUT2D eigenvalue weighted by Gasteiger charge is -2.20. The lowest BCUT2D eigenvalue weighted by atomic mass is 9.96. The Morgan fingerprint density at radius 3 is 3.06 bits per heavy atom. The molecule has 0 bridgehead atoms. The second kappa shape index (κ2) is 5.41. The zero-order valence-electron chi connectivity index (χ0n) is 10.1. The molecule has 2 rings (SSSR count). The van der Waals surface area contributed by atoms with E-state index in [2.05, 4.69) is 15.5 Å². The first-order chi connectivity index (χ1) is 7.74. The van der Waals surface area contributed by atoms with Crippen LogP contribution in [0.15, 0.2) is 4.52 Å². The fourth-order valence-corrected chi connectivity index (χ4v) is 2.06. The number of aromatic nitrogens is 2. The Morgan fingerprint density at radius 2 is 2.38 bits per heavy atom. The van der Waals surface area contributed by atoms with Gasteiger partial charge in [0.2, 0.25) is 5.89 Å². The topological polar surface area (TPSA) is 54.2 Å². The van der Waals surface area contributed by atoms with Crippen LogP contribution in [0.4, 0.5) is 0 Å². The molecule has 0 aliphatic carbocycles. The number of piperidine rings is 1. The van der Waals surface area contributed by atoms with Crippen LogP contribution < -0.4 is 5.32 Å². The third kappa shape index (κ3) is 3.28. The summed E-state index contributed by atoms with van der Waals surface area (Å²) in [6.45, 7) is 2.95. The molecule has 1 aromatic rings. The zero-order valence-corrected chi connectivity index (χ0v) is 10.1. The van der Waals surface area contributed by atoms with Crippen LogP contribution in [0.5, 0.6) is 0 Å². The molecule has 0 aromatic carbocycles. The van der Waals surface area contributed by atoms with Gasteiger partial charge in [-0.1, -0.05) is 5.16 Å². The van der Waals surface area contributed by atoms with E-state index in [9.17, 15) is 0 Å². The fourth-order valence-electron chi connectivity index (χ4n) is 2.06. The average molecular weight is 224 g/mol. The van der Waals surface area contributed by atoms with E-state index in [4.69, 9.17) is 4.52 Å². The summed E-state index contributed by atoms with van der Waals surface area (Å²) in [7, 11) is 3.99. The number of hydrogen-bond acceptors (Lipinski definition) is 5. The maximum Gasteiger partial charge on any atom is 0.240 e. The molecule has 0 amide bonds. The van der Waals surface area contributed by atoms with Crippen LogP contribution in [-0.2, 0) is 13.0 Å². The number of nitrogens with zero attached hydrogens (tertiary/aromatic N) is 3. The summed E-state index contributed by atoms with van der Waals surface area (Å²) in [6.07, 6.45) is 3.46. The van der Waals surface area contributed by atoms with Crippen molar-refractivity contribution in [3.05, 3.63) is 11.7 Å². The van der Waals surface area contributed by atoms with E-state index in [1.54, 1.807) is 0 Å². The Balaban J connectivity index is 1.86. The average Bonchev–Trinajstić information content (AvgIpc) is 2.66. The van der Waals surface area contributed by atoms with Gasteiger partial charge in [-0.2, -0.15) is 4.98 Å². The summed E-state index contributed by atoms with van der Waals surface area (Å²) in [6, 6.07) is 0. The number of hydrogen-bond donors (Lipinski definition) is 1. The monoisotopic (exact) mass is 224 g/mol. The van der Waals surface area contributed by atoms with Gasteiger partial charge in [0, 0.05) is 6.42 Å². The molecule has 1 fully saturated rings. The van der Waals surface area contributed by atoms with Gasteiger partial charge in [-0.25, -0.2) is 0 Å². The van der Waals surface area contributed by atoms with Gasteiger partial charge >= 0.3 is 0 Å². The molecule has 5 nitrogen and oxygen atoms in total. The molecule has 1 saturated heterocycles. The van der Waals surface area contributed by atoms with Gasteiger partial charge in [-0.15, -0.1) is 0 Å². The quantitative estimate of drug-likeness (QED) is 0.815.